The largest absolute Gasteiger partial charge is 0.397 e. The second kappa shape index (κ2) is 5.91. The van der Waals surface area contributed by atoms with Crippen LogP contribution in [0.4, 0.5) is 11.4 Å². The molecule has 1 amide bonds. The van der Waals surface area contributed by atoms with E-state index in [2.05, 4.69) is 29.8 Å². The van der Waals surface area contributed by atoms with Crippen LogP contribution in [-0.2, 0) is 4.79 Å². The molecule has 0 aromatic heterocycles. The molecule has 0 radical (unpaired) electrons. The lowest BCUT2D eigenvalue weighted by molar-refractivity contribution is -0.116. The van der Waals surface area contributed by atoms with Crippen LogP contribution in [0.1, 0.15) is 13.8 Å². The van der Waals surface area contributed by atoms with Crippen molar-refractivity contribution in [3.05, 3.63) is 22.7 Å². The average Bonchev–Trinajstić information content (AvgIpc) is 2.14. The lowest BCUT2D eigenvalue weighted by atomic mass is 10.1. The Kier molecular flexibility index (Phi) is 4.81. The summed E-state index contributed by atoms with van der Waals surface area (Å²) in [4.78, 5) is 13.0. The highest BCUT2D eigenvalue weighted by Crippen LogP contribution is 2.27. The topological polar surface area (TPSA) is 72.3 Å². The first kappa shape index (κ1) is 13.8. The second-order valence-electron chi connectivity index (χ2n) is 4.44. The molecule has 0 unspecified atom stereocenters. The minimum absolute atomic E-state index is 0.185. The van der Waals surface area contributed by atoms with Crippen LogP contribution in [-0.4, -0.2) is 19.0 Å². The van der Waals surface area contributed by atoms with Crippen LogP contribution >= 0.6 is 15.9 Å². The molecule has 0 aliphatic rings. The Morgan fingerprint density at radius 2 is 2.12 bits per heavy atom. The summed E-state index contributed by atoms with van der Waals surface area (Å²) < 4.78 is 0.919. The summed E-state index contributed by atoms with van der Waals surface area (Å²) in [5.41, 5.74) is 12.7. The zero-order chi connectivity index (χ0) is 13.0. The summed E-state index contributed by atoms with van der Waals surface area (Å²) in [6.07, 6.45) is 0. The van der Waals surface area contributed by atoms with E-state index in [1.807, 2.05) is 23.1 Å². The van der Waals surface area contributed by atoms with Gasteiger partial charge in [-0.15, -0.1) is 0 Å². The minimum atomic E-state index is -0.354. The highest BCUT2D eigenvalue weighted by molar-refractivity contribution is 9.10. The standard InChI is InChI=1S/C12H18BrN3O/c1-8(2)6-16(7-12(15)17)11-4-3-9(13)5-10(11)14/h3-5,8H,6-7,14H2,1-2H3,(H2,15,17). The number of primary amides is 1. The Labute approximate surface area is 110 Å². The van der Waals surface area contributed by atoms with E-state index in [0.717, 1.165) is 16.7 Å². The number of amides is 1. The average molecular weight is 300 g/mol. The summed E-state index contributed by atoms with van der Waals surface area (Å²) in [7, 11) is 0. The molecule has 0 fully saturated rings. The minimum Gasteiger partial charge on any atom is -0.397 e. The van der Waals surface area contributed by atoms with Crippen molar-refractivity contribution in [2.24, 2.45) is 11.7 Å². The van der Waals surface area contributed by atoms with Gasteiger partial charge in [-0.2, -0.15) is 0 Å². The summed E-state index contributed by atoms with van der Waals surface area (Å²) in [6, 6.07) is 5.62. The number of rotatable bonds is 5. The maximum absolute atomic E-state index is 11.1. The maximum Gasteiger partial charge on any atom is 0.236 e. The number of nitrogen functional groups attached to an aromatic ring is 1. The van der Waals surface area contributed by atoms with Gasteiger partial charge in [-0.25, -0.2) is 0 Å². The van der Waals surface area contributed by atoms with Crippen molar-refractivity contribution in [1.29, 1.82) is 0 Å². The molecule has 4 N–H and O–H groups in total. The monoisotopic (exact) mass is 299 g/mol. The van der Waals surface area contributed by atoms with Crippen LogP contribution in [0, 0.1) is 5.92 Å². The first-order valence-corrected chi connectivity index (χ1v) is 6.27. The van der Waals surface area contributed by atoms with E-state index in [-0.39, 0.29) is 12.5 Å². The number of nitrogens with two attached hydrogens (primary N) is 2. The molecule has 0 spiro atoms. The van der Waals surface area contributed by atoms with Crippen LogP contribution in [0.25, 0.3) is 0 Å². The van der Waals surface area contributed by atoms with Gasteiger partial charge in [-0.05, 0) is 24.1 Å². The van der Waals surface area contributed by atoms with Gasteiger partial charge in [0.25, 0.3) is 0 Å². The van der Waals surface area contributed by atoms with E-state index in [4.69, 9.17) is 11.5 Å². The van der Waals surface area contributed by atoms with Crippen molar-refractivity contribution in [1.82, 2.24) is 0 Å². The van der Waals surface area contributed by atoms with Gasteiger partial charge in [-0.1, -0.05) is 29.8 Å². The SMILES string of the molecule is CC(C)CN(CC(N)=O)c1ccc(Br)cc1N. The van der Waals surface area contributed by atoms with Gasteiger partial charge in [0.15, 0.2) is 0 Å². The number of carbonyl (C=O) groups excluding carboxylic acids is 1. The summed E-state index contributed by atoms with van der Waals surface area (Å²) in [5.74, 6) is 0.0744. The summed E-state index contributed by atoms with van der Waals surface area (Å²) in [5, 5.41) is 0. The van der Waals surface area contributed by atoms with Crippen molar-refractivity contribution in [2.45, 2.75) is 13.8 Å². The first-order valence-electron chi connectivity index (χ1n) is 5.48. The first-order chi connectivity index (χ1) is 7.90. The number of hydrogen-bond acceptors (Lipinski definition) is 3. The van der Waals surface area contributed by atoms with Crippen molar-refractivity contribution in [2.75, 3.05) is 23.7 Å². The molecular weight excluding hydrogens is 282 g/mol. The van der Waals surface area contributed by atoms with E-state index in [9.17, 15) is 4.79 Å². The summed E-state index contributed by atoms with van der Waals surface area (Å²) in [6.45, 7) is 5.10. The van der Waals surface area contributed by atoms with Crippen LogP contribution < -0.4 is 16.4 Å². The van der Waals surface area contributed by atoms with Crippen molar-refractivity contribution < 1.29 is 4.79 Å². The van der Waals surface area contributed by atoms with Gasteiger partial charge in [-0.3, -0.25) is 4.79 Å². The highest BCUT2D eigenvalue weighted by atomic mass is 79.9. The Hall–Kier alpha value is -1.23. The van der Waals surface area contributed by atoms with Crippen LogP contribution in [0.3, 0.4) is 0 Å². The Morgan fingerprint density at radius 1 is 1.47 bits per heavy atom. The summed E-state index contributed by atoms with van der Waals surface area (Å²) >= 11 is 3.36. The van der Waals surface area contributed by atoms with Gasteiger partial charge in [0, 0.05) is 11.0 Å². The van der Waals surface area contributed by atoms with Gasteiger partial charge < -0.3 is 16.4 Å². The van der Waals surface area contributed by atoms with Crippen LogP contribution in [0.15, 0.2) is 22.7 Å². The fourth-order valence-electron chi connectivity index (χ4n) is 1.69. The fourth-order valence-corrected chi connectivity index (χ4v) is 2.07. The van der Waals surface area contributed by atoms with Crippen molar-refractivity contribution >= 4 is 33.2 Å². The third kappa shape index (κ3) is 4.26. The molecule has 1 rings (SSSR count). The predicted molar refractivity (Wildman–Crippen MR) is 74.8 cm³/mol. The lowest BCUT2D eigenvalue weighted by Crippen LogP contribution is -2.36. The van der Waals surface area contributed by atoms with Crippen molar-refractivity contribution in [3.8, 4) is 0 Å². The van der Waals surface area contributed by atoms with E-state index in [1.54, 1.807) is 0 Å². The number of carbonyl (C=O) groups is 1. The molecule has 0 atom stereocenters. The van der Waals surface area contributed by atoms with E-state index in [0.29, 0.717) is 11.6 Å². The lowest BCUT2D eigenvalue weighted by Gasteiger charge is -2.26. The molecule has 1 aromatic carbocycles. The van der Waals surface area contributed by atoms with Gasteiger partial charge in [0.05, 0.1) is 17.9 Å². The number of anilines is 2. The van der Waals surface area contributed by atoms with E-state index >= 15 is 0 Å². The zero-order valence-electron chi connectivity index (χ0n) is 10.1. The van der Waals surface area contributed by atoms with Crippen LogP contribution in [0.5, 0.6) is 0 Å². The third-order valence-electron chi connectivity index (χ3n) is 2.26. The number of benzene rings is 1. The Morgan fingerprint density at radius 3 is 2.59 bits per heavy atom. The van der Waals surface area contributed by atoms with E-state index in [1.165, 1.54) is 0 Å². The fraction of sp³-hybridized carbons (Fsp3) is 0.417. The van der Waals surface area contributed by atoms with Crippen molar-refractivity contribution in [3.63, 3.8) is 0 Å². The normalized spacial score (nSPS) is 10.6. The van der Waals surface area contributed by atoms with Crippen LogP contribution in [0.2, 0.25) is 0 Å². The molecule has 0 saturated carbocycles. The number of halogens is 1. The molecule has 94 valence electrons. The van der Waals surface area contributed by atoms with Gasteiger partial charge in [0.2, 0.25) is 5.91 Å². The molecule has 0 aliphatic heterocycles. The molecule has 0 saturated heterocycles. The Bertz CT molecular complexity index is 407. The second-order valence-corrected chi connectivity index (χ2v) is 5.36. The maximum atomic E-state index is 11.1. The molecule has 0 aliphatic carbocycles. The van der Waals surface area contributed by atoms with Gasteiger partial charge in [0.1, 0.15) is 0 Å². The third-order valence-corrected chi connectivity index (χ3v) is 2.76. The zero-order valence-corrected chi connectivity index (χ0v) is 11.7. The number of nitrogens with zero attached hydrogens (tertiary/aromatic N) is 1. The molecule has 4 nitrogen and oxygen atoms in total. The smallest absolute Gasteiger partial charge is 0.236 e. The molecule has 0 heterocycles. The molecule has 1 aromatic rings. The quantitative estimate of drug-likeness (QED) is 0.817. The molecule has 0 bridgehead atoms. The Balaban J connectivity index is 2.98. The molecular formula is C12H18BrN3O. The van der Waals surface area contributed by atoms with Gasteiger partial charge >= 0.3 is 0 Å². The highest BCUT2D eigenvalue weighted by Gasteiger charge is 2.13. The molecule has 17 heavy (non-hydrogen) atoms. The molecule has 5 heteroatoms. The predicted octanol–water partition coefficient (Wildman–Crippen LogP) is 1.98. The van der Waals surface area contributed by atoms with E-state index < -0.39 is 0 Å². The number of hydrogen-bond donors (Lipinski definition) is 2.